The van der Waals surface area contributed by atoms with Gasteiger partial charge in [-0.1, -0.05) is 18.2 Å². The number of benzene rings is 2. The lowest BCUT2D eigenvalue weighted by Gasteiger charge is -2.08. The zero-order valence-electron chi connectivity index (χ0n) is 10.6. The van der Waals surface area contributed by atoms with E-state index in [0.717, 1.165) is 11.3 Å². The molecule has 0 atom stereocenters. The second-order valence-electron chi connectivity index (χ2n) is 4.24. The van der Waals surface area contributed by atoms with Crippen molar-refractivity contribution in [2.24, 2.45) is 0 Å². The Labute approximate surface area is 111 Å². The fraction of sp³-hybridized carbons (Fsp3) is 0.133. The van der Waals surface area contributed by atoms with Crippen LogP contribution in [-0.4, -0.2) is 5.91 Å². The molecule has 2 N–H and O–H groups in total. The average molecular weight is 258 g/mol. The van der Waals surface area contributed by atoms with E-state index in [0.29, 0.717) is 12.2 Å². The van der Waals surface area contributed by atoms with E-state index in [1.54, 1.807) is 12.1 Å². The summed E-state index contributed by atoms with van der Waals surface area (Å²) in [7, 11) is 0. The number of nitrogens with one attached hydrogen (secondary N) is 2. The van der Waals surface area contributed by atoms with E-state index >= 15 is 0 Å². The summed E-state index contributed by atoms with van der Waals surface area (Å²) in [4.78, 5) is 10.8. The van der Waals surface area contributed by atoms with Crippen molar-refractivity contribution in [3.63, 3.8) is 0 Å². The Balaban J connectivity index is 2.00. The standard InChI is InChI=1S/C15H15FN2O/c1-11(19)17-10-12-5-7-14(8-6-12)18-15-4-2-3-13(16)9-15/h2-9,18H,10H2,1H3,(H,17,19). The van der Waals surface area contributed by atoms with Crippen molar-refractivity contribution in [3.05, 3.63) is 59.9 Å². The molecule has 0 spiro atoms. The summed E-state index contributed by atoms with van der Waals surface area (Å²) in [6, 6.07) is 13.9. The van der Waals surface area contributed by atoms with Crippen LogP contribution >= 0.6 is 0 Å². The molecule has 0 saturated heterocycles. The number of rotatable bonds is 4. The van der Waals surface area contributed by atoms with Crippen LogP contribution in [0.5, 0.6) is 0 Å². The topological polar surface area (TPSA) is 41.1 Å². The van der Waals surface area contributed by atoms with Crippen molar-refractivity contribution in [2.45, 2.75) is 13.5 Å². The van der Waals surface area contributed by atoms with Gasteiger partial charge in [0, 0.05) is 24.8 Å². The normalized spacial score (nSPS) is 10.0. The predicted octanol–water partition coefficient (Wildman–Crippen LogP) is 3.21. The van der Waals surface area contributed by atoms with Crippen LogP contribution in [0.25, 0.3) is 0 Å². The lowest BCUT2D eigenvalue weighted by atomic mass is 10.2. The summed E-state index contributed by atoms with van der Waals surface area (Å²) in [6.07, 6.45) is 0. The van der Waals surface area contributed by atoms with Crippen LogP contribution in [0.3, 0.4) is 0 Å². The second kappa shape index (κ2) is 6.00. The third-order valence-corrected chi connectivity index (χ3v) is 2.61. The molecule has 3 nitrogen and oxygen atoms in total. The smallest absolute Gasteiger partial charge is 0.217 e. The van der Waals surface area contributed by atoms with E-state index in [1.807, 2.05) is 24.3 Å². The second-order valence-corrected chi connectivity index (χ2v) is 4.24. The molecule has 2 aromatic carbocycles. The van der Waals surface area contributed by atoms with Gasteiger partial charge in [-0.3, -0.25) is 4.79 Å². The van der Waals surface area contributed by atoms with Gasteiger partial charge in [-0.05, 0) is 35.9 Å². The summed E-state index contributed by atoms with van der Waals surface area (Å²) < 4.78 is 13.0. The first-order valence-corrected chi connectivity index (χ1v) is 5.99. The Morgan fingerprint density at radius 2 is 1.84 bits per heavy atom. The van der Waals surface area contributed by atoms with Gasteiger partial charge in [0.15, 0.2) is 0 Å². The summed E-state index contributed by atoms with van der Waals surface area (Å²) in [5, 5.41) is 5.84. The average Bonchev–Trinajstić information content (AvgIpc) is 2.38. The Morgan fingerprint density at radius 3 is 2.47 bits per heavy atom. The Bertz CT molecular complexity index is 567. The first kappa shape index (κ1) is 13.1. The first-order chi connectivity index (χ1) is 9.13. The maximum atomic E-state index is 13.0. The molecule has 4 heteroatoms. The Morgan fingerprint density at radius 1 is 1.11 bits per heavy atom. The first-order valence-electron chi connectivity index (χ1n) is 5.99. The zero-order valence-corrected chi connectivity index (χ0v) is 10.6. The molecule has 0 aliphatic heterocycles. The zero-order chi connectivity index (χ0) is 13.7. The van der Waals surface area contributed by atoms with Crippen LogP contribution in [0.2, 0.25) is 0 Å². The Hall–Kier alpha value is -2.36. The molecule has 0 saturated carbocycles. The molecule has 1 amide bonds. The molecule has 0 unspecified atom stereocenters. The van der Waals surface area contributed by atoms with Gasteiger partial charge in [-0.2, -0.15) is 0 Å². The van der Waals surface area contributed by atoms with Gasteiger partial charge < -0.3 is 10.6 Å². The molecular formula is C15H15FN2O. The number of anilines is 2. The van der Waals surface area contributed by atoms with Crippen molar-refractivity contribution in [3.8, 4) is 0 Å². The van der Waals surface area contributed by atoms with Gasteiger partial charge in [0.2, 0.25) is 5.91 Å². The molecule has 0 aromatic heterocycles. The molecule has 2 aromatic rings. The van der Waals surface area contributed by atoms with Crippen molar-refractivity contribution < 1.29 is 9.18 Å². The third kappa shape index (κ3) is 4.10. The van der Waals surface area contributed by atoms with E-state index in [1.165, 1.54) is 19.1 Å². The maximum absolute atomic E-state index is 13.0. The summed E-state index contributed by atoms with van der Waals surface area (Å²) in [5.74, 6) is -0.325. The molecule has 19 heavy (non-hydrogen) atoms. The summed E-state index contributed by atoms with van der Waals surface area (Å²) in [5.41, 5.74) is 2.59. The molecule has 0 aliphatic carbocycles. The number of amides is 1. The molecule has 0 heterocycles. The van der Waals surface area contributed by atoms with Crippen LogP contribution in [0.15, 0.2) is 48.5 Å². The van der Waals surface area contributed by atoms with Gasteiger partial charge >= 0.3 is 0 Å². The highest BCUT2D eigenvalue weighted by Crippen LogP contribution is 2.17. The minimum Gasteiger partial charge on any atom is -0.355 e. The monoisotopic (exact) mass is 258 g/mol. The summed E-state index contributed by atoms with van der Waals surface area (Å²) in [6.45, 7) is 2.00. The van der Waals surface area contributed by atoms with E-state index < -0.39 is 0 Å². The molecule has 0 aliphatic rings. The van der Waals surface area contributed by atoms with Crippen LogP contribution in [-0.2, 0) is 11.3 Å². The number of hydrogen-bond acceptors (Lipinski definition) is 2. The third-order valence-electron chi connectivity index (χ3n) is 2.61. The van der Waals surface area contributed by atoms with E-state index in [-0.39, 0.29) is 11.7 Å². The minimum absolute atomic E-state index is 0.0537. The number of hydrogen-bond donors (Lipinski definition) is 2. The van der Waals surface area contributed by atoms with Gasteiger partial charge in [0.25, 0.3) is 0 Å². The van der Waals surface area contributed by atoms with E-state index in [4.69, 9.17) is 0 Å². The molecule has 0 bridgehead atoms. The molecule has 0 fully saturated rings. The fourth-order valence-electron chi connectivity index (χ4n) is 1.67. The van der Waals surface area contributed by atoms with Crippen LogP contribution < -0.4 is 10.6 Å². The molecule has 98 valence electrons. The highest BCUT2D eigenvalue weighted by atomic mass is 19.1. The lowest BCUT2D eigenvalue weighted by Crippen LogP contribution is -2.18. The maximum Gasteiger partial charge on any atom is 0.217 e. The number of carbonyl (C=O) groups is 1. The van der Waals surface area contributed by atoms with Crippen LogP contribution in [0.1, 0.15) is 12.5 Å². The highest BCUT2D eigenvalue weighted by Gasteiger charge is 1.98. The van der Waals surface area contributed by atoms with Crippen molar-refractivity contribution in [1.29, 1.82) is 0 Å². The van der Waals surface area contributed by atoms with Crippen LogP contribution in [0, 0.1) is 5.82 Å². The highest BCUT2D eigenvalue weighted by molar-refractivity contribution is 5.72. The van der Waals surface area contributed by atoms with Gasteiger partial charge in [0.05, 0.1) is 0 Å². The van der Waals surface area contributed by atoms with Crippen molar-refractivity contribution in [1.82, 2.24) is 5.32 Å². The van der Waals surface area contributed by atoms with E-state index in [9.17, 15) is 9.18 Å². The predicted molar refractivity (Wildman–Crippen MR) is 73.6 cm³/mol. The molecule has 0 radical (unpaired) electrons. The summed E-state index contributed by atoms with van der Waals surface area (Å²) >= 11 is 0. The minimum atomic E-state index is -0.271. The number of halogens is 1. The quantitative estimate of drug-likeness (QED) is 0.884. The van der Waals surface area contributed by atoms with Crippen molar-refractivity contribution in [2.75, 3.05) is 5.32 Å². The van der Waals surface area contributed by atoms with Crippen molar-refractivity contribution >= 4 is 17.3 Å². The lowest BCUT2D eigenvalue weighted by molar-refractivity contribution is -0.119. The SMILES string of the molecule is CC(=O)NCc1ccc(Nc2cccc(F)c2)cc1. The molecule has 2 rings (SSSR count). The largest absolute Gasteiger partial charge is 0.355 e. The van der Waals surface area contributed by atoms with Gasteiger partial charge in [-0.15, -0.1) is 0 Å². The van der Waals surface area contributed by atoms with Crippen LogP contribution in [0.4, 0.5) is 15.8 Å². The van der Waals surface area contributed by atoms with Gasteiger partial charge in [-0.25, -0.2) is 4.39 Å². The molecular weight excluding hydrogens is 243 g/mol. The Kier molecular flexibility index (Phi) is 4.13. The fourth-order valence-corrected chi connectivity index (χ4v) is 1.67. The van der Waals surface area contributed by atoms with E-state index in [2.05, 4.69) is 10.6 Å². The number of carbonyl (C=O) groups excluding carboxylic acids is 1. The van der Waals surface area contributed by atoms with Gasteiger partial charge in [0.1, 0.15) is 5.82 Å².